The van der Waals surface area contributed by atoms with Crippen LogP contribution in [-0.2, 0) is 6.61 Å². The monoisotopic (exact) mass is 395 g/mol. The molecule has 4 nitrogen and oxygen atoms in total. The fourth-order valence-corrected chi connectivity index (χ4v) is 3.95. The molecule has 1 aliphatic heterocycles. The van der Waals surface area contributed by atoms with Crippen LogP contribution in [0.4, 0.5) is 0 Å². The molecular weight excluding hydrogens is 378 g/mol. The number of hydrogen-bond acceptors (Lipinski definition) is 4. The van der Waals surface area contributed by atoms with Crippen LogP contribution >= 0.6 is 27.7 Å². The molecule has 0 aliphatic carbocycles. The lowest BCUT2D eigenvalue weighted by Crippen LogP contribution is -2.36. The minimum absolute atomic E-state index is 0.0626. The van der Waals surface area contributed by atoms with Crippen LogP contribution in [-0.4, -0.2) is 35.4 Å². The molecule has 2 heterocycles. The zero-order valence-electron chi connectivity index (χ0n) is 12.8. The van der Waals surface area contributed by atoms with E-state index in [1.54, 1.807) is 17.0 Å². The summed E-state index contributed by atoms with van der Waals surface area (Å²) < 4.78 is 12.3. The summed E-state index contributed by atoms with van der Waals surface area (Å²) in [6.07, 6.45) is 1.05. The summed E-state index contributed by atoms with van der Waals surface area (Å²) >= 11 is 5.27. The average Bonchev–Trinajstić information content (AvgIpc) is 3.24. The lowest BCUT2D eigenvalue weighted by molar-refractivity contribution is 0.0711. The van der Waals surface area contributed by atoms with Gasteiger partial charge in [-0.25, -0.2) is 0 Å². The summed E-state index contributed by atoms with van der Waals surface area (Å²) in [5, 5.41) is 0. The van der Waals surface area contributed by atoms with E-state index in [2.05, 4.69) is 15.9 Å². The van der Waals surface area contributed by atoms with E-state index >= 15 is 0 Å². The van der Waals surface area contributed by atoms with Gasteiger partial charge in [0.1, 0.15) is 18.1 Å². The second-order valence-corrected chi connectivity index (χ2v) is 7.51. The second-order valence-electron chi connectivity index (χ2n) is 5.44. The van der Waals surface area contributed by atoms with Crippen LogP contribution in [0.3, 0.4) is 0 Å². The van der Waals surface area contributed by atoms with Gasteiger partial charge < -0.3 is 14.1 Å². The standard InChI is InChI=1S/C17H18BrNO3S/c1-19(13-8-9-23-11-13)17(20)16-7-6-15(22-16)10-21-14-4-2-12(18)3-5-14/h2-7,13H,8-11H2,1H3. The molecule has 0 spiro atoms. The highest BCUT2D eigenvalue weighted by atomic mass is 79.9. The van der Waals surface area contributed by atoms with Crippen molar-refractivity contribution in [3.63, 3.8) is 0 Å². The molecule has 1 aromatic carbocycles. The quantitative estimate of drug-likeness (QED) is 0.760. The lowest BCUT2D eigenvalue weighted by Gasteiger charge is -2.22. The number of amides is 1. The number of thioether (sulfide) groups is 1. The van der Waals surface area contributed by atoms with E-state index in [-0.39, 0.29) is 5.91 Å². The fraction of sp³-hybridized carbons (Fsp3) is 0.353. The van der Waals surface area contributed by atoms with Crippen LogP contribution in [0.2, 0.25) is 0 Å². The Balaban J connectivity index is 1.58. The Labute approximate surface area is 148 Å². The molecule has 1 amide bonds. The van der Waals surface area contributed by atoms with Gasteiger partial charge in [0, 0.05) is 23.3 Å². The van der Waals surface area contributed by atoms with Gasteiger partial charge >= 0.3 is 0 Å². The maximum absolute atomic E-state index is 12.4. The Hall–Kier alpha value is -1.40. The molecule has 1 fully saturated rings. The van der Waals surface area contributed by atoms with E-state index in [9.17, 15) is 4.79 Å². The van der Waals surface area contributed by atoms with E-state index in [1.165, 1.54) is 0 Å². The number of furan rings is 1. The molecule has 0 N–H and O–H groups in total. The van der Waals surface area contributed by atoms with Crippen molar-refractivity contribution in [1.29, 1.82) is 0 Å². The highest BCUT2D eigenvalue weighted by Gasteiger charge is 2.26. The van der Waals surface area contributed by atoms with Crippen LogP contribution in [0.1, 0.15) is 22.7 Å². The molecule has 2 aromatic rings. The van der Waals surface area contributed by atoms with Gasteiger partial charge in [0.15, 0.2) is 5.76 Å². The van der Waals surface area contributed by atoms with Crippen molar-refractivity contribution in [2.24, 2.45) is 0 Å². The predicted molar refractivity (Wildman–Crippen MR) is 95.0 cm³/mol. The molecule has 0 saturated carbocycles. The molecule has 1 unspecified atom stereocenters. The first-order valence-corrected chi connectivity index (χ1v) is 9.40. The van der Waals surface area contributed by atoms with Crippen LogP contribution < -0.4 is 4.74 Å². The highest BCUT2D eigenvalue weighted by molar-refractivity contribution is 9.10. The van der Waals surface area contributed by atoms with Crippen LogP contribution in [0.5, 0.6) is 5.75 Å². The lowest BCUT2D eigenvalue weighted by atomic mass is 10.2. The molecule has 1 aromatic heterocycles. The Morgan fingerprint density at radius 3 is 2.83 bits per heavy atom. The minimum atomic E-state index is -0.0626. The van der Waals surface area contributed by atoms with Crippen molar-refractivity contribution in [3.05, 3.63) is 52.4 Å². The van der Waals surface area contributed by atoms with Gasteiger partial charge in [-0.15, -0.1) is 0 Å². The molecule has 23 heavy (non-hydrogen) atoms. The van der Waals surface area contributed by atoms with Crippen molar-refractivity contribution >= 4 is 33.6 Å². The van der Waals surface area contributed by atoms with Crippen LogP contribution in [0.15, 0.2) is 45.3 Å². The maximum Gasteiger partial charge on any atom is 0.289 e. The largest absolute Gasteiger partial charge is 0.486 e. The Morgan fingerprint density at radius 2 is 2.13 bits per heavy atom. The van der Waals surface area contributed by atoms with Gasteiger partial charge in [-0.2, -0.15) is 11.8 Å². The van der Waals surface area contributed by atoms with Gasteiger partial charge in [-0.1, -0.05) is 15.9 Å². The van der Waals surface area contributed by atoms with Crippen molar-refractivity contribution in [3.8, 4) is 5.75 Å². The van der Waals surface area contributed by atoms with Gasteiger partial charge in [0.2, 0.25) is 0 Å². The molecule has 0 bridgehead atoms. The minimum Gasteiger partial charge on any atom is -0.486 e. The van der Waals surface area contributed by atoms with Crippen molar-refractivity contribution < 1.29 is 13.9 Å². The molecule has 1 atom stereocenters. The first-order valence-electron chi connectivity index (χ1n) is 7.45. The molecule has 3 rings (SSSR count). The zero-order valence-corrected chi connectivity index (χ0v) is 15.2. The van der Waals surface area contributed by atoms with Crippen molar-refractivity contribution in [2.45, 2.75) is 19.1 Å². The van der Waals surface area contributed by atoms with Crippen LogP contribution in [0, 0.1) is 0 Å². The third-order valence-electron chi connectivity index (χ3n) is 3.84. The number of benzene rings is 1. The highest BCUT2D eigenvalue weighted by Crippen LogP contribution is 2.23. The average molecular weight is 396 g/mol. The molecular formula is C17H18BrNO3S. The number of hydrogen-bond donors (Lipinski definition) is 0. The Bertz CT molecular complexity index is 665. The first-order chi connectivity index (χ1) is 11.1. The predicted octanol–water partition coefficient (Wildman–Crippen LogP) is 4.20. The van der Waals surface area contributed by atoms with E-state index < -0.39 is 0 Å². The fourth-order valence-electron chi connectivity index (χ4n) is 2.42. The number of carbonyl (C=O) groups is 1. The van der Waals surface area contributed by atoms with Gasteiger partial charge in [0.05, 0.1) is 0 Å². The van der Waals surface area contributed by atoms with E-state index in [0.29, 0.717) is 24.2 Å². The molecule has 1 aliphatic rings. The second kappa shape index (κ2) is 7.45. The summed E-state index contributed by atoms with van der Waals surface area (Å²) in [6, 6.07) is 11.4. The Kier molecular flexibility index (Phi) is 5.33. The topological polar surface area (TPSA) is 42.7 Å². The SMILES string of the molecule is CN(C(=O)c1ccc(COc2ccc(Br)cc2)o1)C1CCSC1. The first kappa shape index (κ1) is 16.5. The molecule has 0 radical (unpaired) electrons. The number of carbonyl (C=O) groups excluding carboxylic acids is 1. The summed E-state index contributed by atoms with van der Waals surface area (Å²) in [5.74, 6) is 3.84. The molecule has 122 valence electrons. The maximum atomic E-state index is 12.4. The normalized spacial score (nSPS) is 17.2. The number of halogens is 1. The molecule has 1 saturated heterocycles. The number of ether oxygens (including phenoxy) is 1. The van der Waals surface area contributed by atoms with Gasteiger partial charge in [-0.3, -0.25) is 4.79 Å². The van der Waals surface area contributed by atoms with Gasteiger partial charge in [-0.05, 0) is 48.6 Å². The van der Waals surface area contributed by atoms with E-state index in [1.807, 2.05) is 43.1 Å². The third-order valence-corrected chi connectivity index (χ3v) is 5.51. The summed E-state index contributed by atoms with van der Waals surface area (Å²) in [6.45, 7) is 0.303. The molecule has 6 heteroatoms. The van der Waals surface area contributed by atoms with Crippen LogP contribution in [0.25, 0.3) is 0 Å². The smallest absolute Gasteiger partial charge is 0.289 e. The van der Waals surface area contributed by atoms with E-state index in [0.717, 1.165) is 28.1 Å². The summed E-state index contributed by atoms with van der Waals surface area (Å²) in [4.78, 5) is 14.2. The van der Waals surface area contributed by atoms with Crippen molar-refractivity contribution in [2.75, 3.05) is 18.6 Å². The zero-order chi connectivity index (χ0) is 16.2. The van der Waals surface area contributed by atoms with Crippen molar-refractivity contribution in [1.82, 2.24) is 4.90 Å². The number of rotatable bonds is 5. The summed E-state index contributed by atoms with van der Waals surface area (Å²) in [7, 11) is 1.85. The third kappa shape index (κ3) is 4.12. The number of nitrogens with zero attached hydrogens (tertiary/aromatic N) is 1. The summed E-state index contributed by atoms with van der Waals surface area (Å²) in [5.41, 5.74) is 0. The van der Waals surface area contributed by atoms with E-state index in [4.69, 9.17) is 9.15 Å². The Morgan fingerprint density at radius 1 is 1.35 bits per heavy atom. The van der Waals surface area contributed by atoms with Gasteiger partial charge in [0.25, 0.3) is 5.91 Å².